The zero-order valence-corrected chi connectivity index (χ0v) is 3.76. The number of azo groups is 1. The summed E-state index contributed by atoms with van der Waals surface area (Å²) in [5.74, 6) is 0. The van der Waals surface area contributed by atoms with Crippen molar-refractivity contribution in [3.05, 3.63) is 0 Å². The van der Waals surface area contributed by atoms with Crippen LogP contribution in [0.3, 0.4) is 0 Å². The van der Waals surface area contributed by atoms with E-state index in [1.54, 1.807) is 0 Å². The third kappa shape index (κ3) is 0.542. The summed E-state index contributed by atoms with van der Waals surface area (Å²) >= 11 is 0. The standard InChI is InChI=1S/C3H7N3/c1-6-2-4-5-3-6/h2-3H2,1H3. The Bertz CT molecular complexity index is 60.4. The molecule has 1 heterocycles. The lowest BCUT2D eigenvalue weighted by Gasteiger charge is -1.97. The van der Waals surface area contributed by atoms with E-state index in [9.17, 15) is 0 Å². The molecule has 1 aliphatic heterocycles. The van der Waals surface area contributed by atoms with Crippen molar-refractivity contribution in [1.29, 1.82) is 0 Å². The highest BCUT2D eigenvalue weighted by molar-refractivity contribution is 4.48. The molecule has 0 fully saturated rings. The zero-order valence-electron chi connectivity index (χ0n) is 3.76. The van der Waals surface area contributed by atoms with Crippen molar-refractivity contribution >= 4 is 0 Å². The molecule has 0 unspecified atom stereocenters. The van der Waals surface area contributed by atoms with Crippen LogP contribution in [-0.2, 0) is 0 Å². The molecular formula is C3H7N3. The SMILES string of the molecule is CN1CN=NC1. The lowest BCUT2D eigenvalue weighted by atomic mass is 10.9. The number of hydrogen-bond acceptors (Lipinski definition) is 3. The molecule has 0 N–H and O–H groups in total. The summed E-state index contributed by atoms with van der Waals surface area (Å²) in [5, 5.41) is 7.43. The van der Waals surface area contributed by atoms with Crippen LogP contribution in [0, 0.1) is 0 Å². The average molecular weight is 85.1 g/mol. The van der Waals surface area contributed by atoms with Crippen LogP contribution in [0.1, 0.15) is 0 Å². The van der Waals surface area contributed by atoms with Gasteiger partial charge in [-0.1, -0.05) is 0 Å². The van der Waals surface area contributed by atoms with Crippen LogP contribution in [0.5, 0.6) is 0 Å². The minimum Gasteiger partial charge on any atom is -0.265 e. The van der Waals surface area contributed by atoms with Crippen molar-refractivity contribution < 1.29 is 0 Å². The second kappa shape index (κ2) is 1.34. The molecule has 3 heteroatoms. The molecule has 0 aromatic carbocycles. The third-order valence-corrected chi connectivity index (χ3v) is 0.709. The van der Waals surface area contributed by atoms with Gasteiger partial charge >= 0.3 is 0 Å². The number of rotatable bonds is 0. The Balaban J connectivity index is 2.32. The van der Waals surface area contributed by atoms with Crippen LogP contribution in [0.2, 0.25) is 0 Å². The fourth-order valence-electron chi connectivity index (χ4n) is 0.350. The largest absolute Gasteiger partial charge is 0.265 e. The maximum Gasteiger partial charge on any atom is 0.113 e. The summed E-state index contributed by atoms with van der Waals surface area (Å²) in [4.78, 5) is 2.03. The smallest absolute Gasteiger partial charge is 0.113 e. The van der Waals surface area contributed by atoms with Gasteiger partial charge in [0, 0.05) is 0 Å². The van der Waals surface area contributed by atoms with Crippen LogP contribution in [0.25, 0.3) is 0 Å². The Morgan fingerprint density at radius 1 is 1.33 bits per heavy atom. The monoisotopic (exact) mass is 85.1 g/mol. The molecule has 0 saturated heterocycles. The predicted molar refractivity (Wildman–Crippen MR) is 22.4 cm³/mol. The predicted octanol–water partition coefficient (Wildman–Crippen LogP) is 0.299. The molecule has 6 heavy (non-hydrogen) atoms. The second-order valence-electron chi connectivity index (χ2n) is 1.42. The van der Waals surface area contributed by atoms with E-state index < -0.39 is 0 Å². The van der Waals surface area contributed by atoms with E-state index in [1.807, 2.05) is 11.9 Å². The number of nitrogens with zero attached hydrogens (tertiary/aromatic N) is 3. The van der Waals surface area contributed by atoms with Crippen LogP contribution in [-0.4, -0.2) is 25.3 Å². The first-order chi connectivity index (χ1) is 2.89. The van der Waals surface area contributed by atoms with Crippen molar-refractivity contribution in [1.82, 2.24) is 4.90 Å². The van der Waals surface area contributed by atoms with Gasteiger partial charge in [-0.3, -0.25) is 4.90 Å². The van der Waals surface area contributed by atoms with Gasteiger partial charge in [-0.2, -0.15) is 10.2 Å². The van der Waals surface area contributed by atoms with Crippen molar-refractivity contribution in [2.45, 2.75) is 0 Å². The van der Waals surface area contributed by atoms with Crippen LogP contribution < -0.4 is 0 Å². The molecule has 1 rings (SSSR count). The Kier molecular flexibility index (Phi) is 0.837. The van der Waals surface area contributed by atoms with Gasteiger partial charge in [-0.05, 0) is 7.05 Å². The van der Waals surface area contributed by atoms with Gasteiger partial charge in [-0.15, -0.1) is 0 Å². The Hall–Kier alpha value is -0.440. The molecule has 0 radical (unpaired) electrons. The highest BCUT2D eigenvalue weighted by atomic mass is 15.4. The van der Waals surface area contributed by atoms with Gasteiger partial charge in [0.15, 0.2) is 0 Å². The third-order valence-electron chi connectivity index (χ3n) is 0.709. The van der Waals surface area contributed by atoms with Crippen molar-refractivity contribution in [2.75, 3.05) is 20.4 Å². The molecular weight excluding hydrogens is 78.1 g/mol. The molecule has 0 spiro atoms. The van der Waals surface area contributed by atoms with E-state index in [1.165, 1.54) is 0 Å². The summed E-state index contributed by atoms with van der Waals surface area (Å²) in [6.45, 7) is 1.56. The van der Waals surface area contributed by atoms with Gasteiger partial charge < -0.3 is 0 Å². The van der Waals surface area contributed by atoms with Crippen LogP contribution >= 0.6 is 0 Å². The Morgan fingerprint density at radius 3 is 2.00 bits per heavy atom. The molecule has 34 valence electrons. The Labute approximate surface area is 36.7 Å². The Morgan fingerprint density at radius 2 is 1.83 bits per heavy atom. The molecule has 0 bridgehead atoms. The molecule has 0 aliphatic carbocycles. The van der Waals surface area contributed by atoms with Gasteiger partial charge in [0.05, 0.1) is 0 Å². The molecule has 0 atom stereocenters. The molecule has 1 aliphatic rings. The molecule has 0 aromatic heterocycles. The van der Waals surface area contributed by atoms with Gasteiger partial charge in [0.2, 0.25) is 0 Å². The summed E-state index contributed by atoms with van der Waals surface area (Å²) in [5.41, 5.74) is 0. The zero-order chi connectivity index (χ0) is 4.41. The lowest BCUT2D eigenvalue weighted by Crippen LogP contribution is -2.11. The number of hydrogen-bond donors (Lipinski definition) is 0. The van der Waals surface area contributed by atoms with Crippen molar-refractivity contribution in [3.8, 4) is 0 Å². The van der Waals surface area contributed by atoms with Crippen molar-refractivity contribution in [2.24, 2.45) is 10.2 Å². The fraction of sp³-hybridized carbons (Fsp3) is 1.00. The van der Waals surface area contributed by atoms with E-state index in [2.05, 4.69) is 10.2 Å². The average Bonchev–Trinajstić information content (AvgIpc) is 1.86. The molecule has 0 aromatic rings. The van der Waals surface area contributed by atoms with Gasteiger partial charge in [-0.25, -0.2) is 0 Å². The molecule has 0 saturated carbocycles. The first-order valence-electron chi connectivity index (χ1n) is 1.91. The highest BCUT2D eigenvalue weighted by Gasteiger charge is 1.97. The lowest BCUT2D eigenvalue weighted by molar-refractivity contribution is 0.405. The van der Waals surface area contributed by atoms with Gasteiger partial charge in [0.25, 0.3) is 0 Å². The normalized spacial score (nSPS) is 22.8. The summed E-state index contributed by atoms with van der Waals surface area (Å²) in [6, 6.07) is 0. The first-order valence-corrected chi connectivity index (χ1v) is 1.91. The first kappa shape index (κ1) is 3.74. The van der Waals surface area contributed by atoms with E-state index in [4.69, 9.17) is 0 Å². The summed E-state index contributed by atoms with van der Waals surface area (Å²) < 4.78 is 0. The summed E-state index contributed by atoms with van der Waals surface area (Å²) in [7, 11) is 1.99. The minimum atomic E-state index is 0.778. The quantitative estimate of drug-likeness (QED) is 0.415. The second-order valence-corrected chi connectivity index (χ2v) is 1.42. The van der Waals surface area contributed by atoms with E-state index in [0.29, 0.717) is 0 Å². The highest BCUT2D eigenvalue weighted by Crippen LogP contribution is 1.92. The van der Waals surface area contributed by atoms with Crippen LogP contribution in [0.4, 0.5) is 0 Å². The maximum absolute atomic E-state index is 3.72. The topological polar surface area (TPSA) is 28.0 Å². The van der Waals surface area contributed by atoms with Crippen molar-refractivity contribution in [3.63, 3.8) is 0 Å². The molecule has 3 nitrogen and oxygen atoms in total. The van der Waals surface area contributed by atoms with E-state index in [-0.39, 0.29) is 0 Å². The van der Waals surface area contributed by atoms with E-state index in [0.717, 1.165) is 13.3 Å². The fourth-order valence-corrected chi connectivity index (χ4v) is 0.350. The maximum atomic E-state index is 3.72. The molecule has 0 amide bonds. The van der Waals surface area contributed by atoms with Gasteiger partial charge in [0.1, 0.15) is 13.3 Å². The summed E-state index contributed by atoms with van der Waals surface area (Å²) in [6.07, 6.45) is 0. The minimum absolute atomic E-state index is 0.778. The van der Waals surface area contributed by atoms with Crippen LogP contribution in [0.15, 0.2) is 10.2 Å². The van der Waals surface area contributed by atoms with E-state index >= 15 is 0 Å².